The van der Waals surface area contributed by atoms with Crippen molar-refractivity contribution in [1.29, 1.82) is 0 Å². The van der Waals surface area contributed by atoms with Crippen LogP contribution in [0.25, 0.3) is 0 Å². The molecule has 5 nitrogen and oxygen atoms in total. The molecule has 0 atom stereocenters. The highest BCUT2D eigenvalue weighted by Crippen LogP contribution is 2.06. The maximum absolute atomic E-state index is 12.0. The quantitative estimate of drug-likeness (QED) is 0.886. The zero-order valence-corrected chi connectivity index (χ0v) is 12.9. The van der Waals surface area contributed by atoms with Crippen molar-refractivity contribution in [3.8, 4) is 0 Å². The van der Waals surface area contributed by atoms with Gasteiger partial charge in [-0.2, -0.15) is 0 Å². The van der Waals surface area contributed by atoms with Gasteiger partial charge in [-0.05, 0) is 32.4 Å². The Kier molecular flexibility index (Phi) is 5.09. The first-order valence-corrected chi connectivity index (χ1v) is 7.33. The van der Waals surface area contributed by atoms with Crippen molar-refractivity contribution in [2.75, 3.05) is 6.54 Å². The van der Waals surface area contributed by atoms with Gasteiger partial charge in [0.2, 0.25) is 0 Å². The molecule has 1 N–H and O–H groups in total. The summed E-state index contributed by atoms with van der Waals surface area (Å²) < 4.78 is 2.21. The Labute approximate surface area is 125 Å². The van der Waals surface area contributed by atoms with Crippen LogP contribution in [0.15, 0.2) is 24.5 Å². The molecule has 1 amide bonds. The summed E-state index contributed by atoms with van der Waals surface area (Å²) in [5, 5.41) is 2.91. The zero-order valence-electron chi connectivity index (χ0n) is 12.9. The number of rotatable bonds is 6. The van der Waals surface area contributed by atoms with E-state index >= 15 is 0 Å². The van der Waals surface area contributed by atoms with E-state index in [2.05, 4.69) is 33.7 Å². The molecule has 2 aromatic heterocycles. The first kappa shape index (κ1) is 15.2. The molecular weight excluding hydrogens is 264 g/mol. The monoisotopic (exact) mass is 286 g/mol. The van der Waals surface area contributed by atoms with Crippen LogP contribution in [-0.4, -0.2) is 27.0 Å². The summed E-state index contributed by atoms with van der Waals surface area (Å²) >= 11 is 0. The molecular formula is C16H22N4O. The molecule has 0 saturated carbocycles. The van der Waals surface area contributed by atoms with Gasteiger partial charge in [-0.15, -0.1) is 0 Å². The van der Waals surface area contributed by atoms with Gasteiger partial charge in [0.15, 0.2) is 0 Å². The normalized spacial score (nSPS) is 10.6. The Morgan fingerprint density at radius 1 is 1.24 bits per heavy atom. The van der Waals surface area contributed by atoms with Crippen molar-refractivity contribution in [3.05, 3.63) is 47.3 Å². The number of imidazole rings is 1. The Hall–Kier alpha value is -2.17. The van der Waals surface area contributed by atoms with Crippen LogP contribution in [0, 0.1) is 13.8 Å². The SMILES string of the molecule is CCCn1c(C)cnc1CCNC(=O)c1ccc(C)nc1. The van der Waals surface area contributed by atoms with Crippen LogP contribution in [0.2, 0.25) is 0 Å². The van der Waals surface area contributed by atoms with Gasteiger partial charge in [-0.3, -0.25) is 9.78 Å². The van der Waals surface area contributed by atoms with E-state index in [9.17, 15) is 4.79 Å². The molecule has 5 heteroatoms. The molecule has 21 heavy (non-hydrogen) atoms. The van der Waals surface area contributed by atoms with Gasteiger partial charge >= 0.3 is 0 Å². The number of aromatic nitrogens is 3. The molecule has 112 valence electrons. The summed E-state index contributed by atoms with van der Waals surface area (Å²) in [5.74, 6) is 0.935. The van der Waals surface area contributed by atoms with Gasteiger partial charge in [0.25, 0.3) is 5.91 Å². The highest BCUT2D eigenvalue weighted by Gasteiger charge is 2.08. The molecule has 2 heterocycles. The van der Waals surface area contributed by atoms with Crippen molar-refractivity contribution in [2.24, 2.45) is 0 Å². The molecule has 0 unspecified atom stereocenters. The highest BCUT2D eigenvalue weighted by atomic mass is 16.1. The smallest absolute Gasteiger partial charge is 0.252 e. The van der Waals surface area contributed by atoms with Crippen molar-refractivity contribution >= 4 is 5.91 Å². The maximum atomic E-state index is 12.0. The van der Waals surface area contributed by atoms with Gasteiger partial charge in [-0.25, -0.2) is 4.98 Å². The molecule has 0 spiro atoms. The minimum absolute atomic E-state index is 0.0900. The van der Waals surface area contributed by atoms with E-state index < -0.39 is 0 Å². The molecule has 2 rings (SSSR count). The predicted molar refractivity (Wildman–Crippen MR) is 82.3 cm³/mol. The van der Waals surface area contributed by atoms with Gasteiger partial charge in [0.1, 0.15) is 5.82 Å². The fourth-order valence-electron chi connectivity index (χ4n) is 2.23. The standard InChI is InChI=1S/C16H22N4O/c1-4-9-20-13(3)10-19-15(20)7-8-17-16(21)14-6-5-12(2)18-11-14/h5-6,10-11H,4,7-9H2,1-3H3,(H,17,21). The number of hydrogen-bond acceptors (Lipinski definition) is 3. The largest absolute Gasteiger partial charge is 0.352 e. The fraction of sp³-hybridized carbons (Fsp3) is 0.438. The van der Waals surface area contributed by atoms with Crippen LogP contribution >= 0.6 is 0 Å². The van der Waals surface area contributed by atoms with E-state index in [1.54, 1.807) is 12.3 Å². The summed E-state index contributed by atoms with van der Waals surface area (Å²) in [6, 6.07) is 3.63. The lowest BCUT2D eigenvalue weighted by molar-refractivity contribution is 0.0953. The molecule has 0 radical (unpaired) electrons. The molecule has 0 saturated heterocycles. The topological polar surface area (TPSA) is 59.8 Å². The molecule has 0 bridgehead atoms. The number of carbonyl (C=O) groups is 1. The van der Waals surface area contributed by atoms with Crippen molar-refractivity contribution in [2.45, 2.75) is 40.2 Å². The van der Waals surface area contributed by atoms with Crippen LogP contribution in [0.1, 0.15) is 40.9 Å². The number of pyridine rings is 1. The lowest BCUT2D eigenvalue weighted by atomic mass is 10.2. The van der Waals surface area contributed by atoms with E-state index in [1.807, 2.05) is 19.2 Å². The maximum Gasteiger partial charge on any atom is 0.252 e. The number of hydrogen-bond donors (Lipinski definition) is 1. The van der Waals surface area contributed by atoms with E-state index in [0.29, 0.717) is 12.1 Å². The molecule has 2 aromatic rings. The first-order valence-electron chi connectivity index (χ1n) is 7.33. The van der Waals surface area contributed by atoms with Gasteiger partial charge in [0.05, 0.1) is 5.56 Å². The van der Waals surface area contributed by atoms with Gasteiger partial charge < -0.3 is 9.88 Å². The fourth-order valence-corrected chi connectivity index (χ4v) is 2.23. The number of amides is 1. The summed E-state index contributed by atoms with van der Waals surface area (Å²) in [4.78, 5) is 20.5. The lowest BCUT2D eigenvalue weighted by Crippen LogP contribution is -2.26. The van der Waals surface area contributed by atoms with E-state index in [-0.39, 0.29) is 5.91 Å². The lowest BCUT2D eigenvalue weighted by Gasteiger charge is -2.09. The summed E-state index contributed by atoms with van der Waals surface area (Å²) in [6.45, 7) is 7.65. The van der Waals surface area contributed by atoms with E-state index in [4.69, 9.17) is 0 Å². The Bertz CT molecular complexity index is 601. The molecule has 0 fully saturated rings. The Morgan fingerprint density at radius 2 is 2.05 bits per heavy atom. The van der Waals surface area contributed by atoms with Crippen molar-refractivity contribution in [3.63, 3.8) is 0 Å². The third-order valence-electron chi connectivity index (χ3n) is 3.39. The average molecular weight is 286 g/mol. The molecule has 0 aliphatic carbocycles. The number of aryl methyl sites for hydroxylation is 2. The third-order valence-corrected chi connectivity index (χ3v) is 3.39. The molecule has 0 aliphatic rings. The van der Waals surface area contributed by atoms with Crippen LogP contribution in [-0.2, 0) is 13.0 Å². The van der Waals surface area contributed by atoms with Crippen molar-refractivity contribution in [1.82, 2.24) is 19.9 Å². The van der Waals surface area contributed by atoms with Gasteiger partial charge in [-0.1, -0.05) is 6.92 Å². The minimum Gasteiger partial charge on any atom is -0.352 e. The third kappa shape index (κ3) is 3.90. The van der Waals surface area contributed by atoms with Crippen LogP contribution in [0.4, 0.5) is 0 Å². The number of nitrogens with one attached hydrogen (secondary N) is 1. The number of nitrogens with zero attached hydrogens (tertiary/aromatic N) is 3. The Morgan fingerprint density at radius 3 is 2.71 bits per heavy atom. The zero-order chi connectivity index (χ0) is 15.2. The van der Waals surface area contributed by atoms with Crippen LogP contribution < -0.4 is 5.32 Å². The van der Waals surface area contributed by atoms with Crippen molar-refractivity contribution < 1.29 is 4.79 Å². The van der Waals surface area contributed by atoms with E-state index in [0.717, 1.165) is 30.9 Å². The van der Waals surface area contributed by atoms with E-state index in [1.165, 1.54) is 5.69 Å². The summed E-state index contributed by atoms with van der Waals surface area (Å²) in [5.41, 5.74) is 2.67. The second-order valence-electron chi connectivity index (χ2n) is 5.16. The Balaban J connectivity index is 1.89. The summed E-state index contributed by atoms with van der Waals surface area (Å²) in [6.07, 6.45) is 5.30. The molecule has 0 aromatic carbocycles. The van der Waals surface area contributed by atoms with Crippen LogP contribution in [0.3, 0.4) is 0 Å². The summed E-state index contributed by atoms with van der Waals surface area (Å²) in [7, 11) is 0. The second-order valence-corrected chi connectivity index (χ2v) is 5.16. The first-order chi connectivity index (χ1) is 10.1. The van der Waals surface area contributed by atoms with Gasteiger partial charge in [0, 0.05) is 43.3 Å². The number of carbonyl (C=O) groups excluding carboxylic acids is 1. The molecule has 0 aliphatic heterocycles. The highest BCUT2D eigenvalue weighted by molar-refractivity contribution is 5.93. The minimum atomic E-state index is -0.0900. The predicted octanol–water partition coefficient (Wildman–Crippen LogP) is 2.28. The second kappa shape index (κ2) is 7.02. The average Bonchev–Trinajstić information content (AvgIpc) is 2.81. The van der Waals surface area contributed by atoms with Crippen LogP contribution in [0.5, 0.6) is 0 Å².